The summed E-state index contributed by atoms with van der Waals surface area (Å²) in [5.41, 5.74) is -0.612. The van der Waals surface area contributed by atoms with Gasteiger partial charge >= 0.3 is 12.2 Å². The highest BCUT2D eigenvalue weighted by atomic mass is 35.5. The van der Waals surface area contributed by atoms with E-state index in [2.05, 4.69) is 16.0 Å². The van der Waals surface area contributed by atoms with E-state index in [4.69, 9.17) is 16.0 Å². The van der Waals surface area contributed by atoms with E-state index in [1.165, 1.54) is 12.1 Å². The van der Waals surface area contributed by atoms with Crippen LogP contribution in [-0.4, -0.2) is 36.9 Å². The number of anilines is 1. The molecule has 198 valence electrons. The molecule has 8 nitrogen and oxygen atoms in total. The topological polar surface area (TPSA) is 121 Å². The molecule has 2 aliphatic rings. The molecule has 1 aromatic heterocycles. The lowest BCUT2D eigenvalue weighted by Crippen LogP contribution is -2.56. The number of piperidine rings is 1. The molecule has 0 bridgehead atoms. The van der Waals surface area contributed by atoms with E-state index in [0.717, 1.165) is 6.07 Å². The van der Waals surface area contributed by atoms with Gasteiger partial charge in [-0.3, -0.25) is 0 Å². The highest BCUT2D eigenvalue weighted by Gasteiger charge is 2.44. The van der Waals surface area contributed by atoms with Crippen LogP contribution in [0.1, 0.15) is 62.7 Å². The Labute approximate surface area is 211 Å². The van der Waals surface area contributed by atoms with Crippen LogP contribution in [0.15, 0.2) is 27.5 Å². The van der Waals surface area contributed by atoms with Gasteiger partial charge in [0.25, 0.3) is 0 Å². The lowest BCUT2D eigenvalue weighted by Gasteiger charge is -2.39. The molecule has 4 rings (SSSR count). The number of amides is 2. The third kappa shape index (κ3) is 5.03. The second-order valence-corrected chi connectivity index (χ2v) is 12.1. The number of rotatable bonds is 4. The zero-order valence-corrected chi connectivity index (χ0v) is 21.2. The molecule has 2 atom stereocenters. The zero-order chi connectivity index (χ0) is 26.5. The van der Waals surface area contributed by atoms with Crippen molar-refractivity contribution < 1.29 is 35.9 Å². The first-order valence-corrected chi connectivity index (χ1v) is 13.4. The number of phenolic OH excluding ortho intramolecular Hbond substituents is 1. The molecular weight excluding hydrogens is 523 g/mol. The number of furan rings is 1. The van der Waals surface area contributed by atoms with Crippen molar-refractivity contribution in [2.45, 2.75) is 73.9 Å². The molecule has 0 spiro atoms. The Bertz CT molecular complexity index is 1280. The number of benzene rings is 1. The fraction of sp³-hybridized carbons (Fsp3) is 0.522. The average molecular weight is 550 g/mol. The van der Waals surface area contributed by atoms with E-state index in [0.29, 0.717) is 44.2 Å². The maximum absolute atomic E-state index is 13.5. The van der Waals surface area contributed by atoms with Crippen LogP contribution in [-0.2, 0) is 22.4 Å². The number of urea groups is 1. The second kappa shape index (κ2) is 9.46. The van der Waals surface area contributed by atoms with Crippen molar-refractivity contribution >= 4 is 33.2 Å². The van der Waals surface area contributed by atoms with Crippen molar-refractivity contribution in [1.29, 1.82) is 0 Å². The molecule has 13 heteroatoms. The van der Waals surface area contributed by atoms with Crippen molar-refractivity contribution in [2.24, 2.45) is 0 Å². The van der Waals surface area contributed by atoms with Crippen LogP contribution in [0.25, 0.3) is 0 Å². The van der Waals surface area contributed by atoms with E-state index in [9.17, 15) is 31.5 Å². The molecule has 0 saturated carbocycles. The summed E-state index contributed by atoms with van der Waals surface area (Å²) in [6.07, 6.45) is -2.39. The number of carbonyl (C=O) groups excluding carboxylic acids is 1. The van der Waals surface area contributed by atoms with Crippen LogP contribution >= 0.6 is 11.6 Å². The summed E-state index contributed by atoms with van der Waals surface area (Å²) < 4.78 is 71.2. The van der Waals surface area contributed by atoms with Crippen molar-refractivity contribution in [3.05, 3.63) is 40.3 Å². The quantitative estimate of drug-likeness (QED) is 0.391. The third-order valence-electron chi connectivity index (χ3n) is 6.70. The number of aromatic hydroxyl groups is 1. The summed E-state index contributed by atoms with van der Waals surface area (Å²) in [5.74, 6) is -1.81. The molecule has 2 unspecified atom stereocenters. The van der Waals surface area contributed by atoms with Crippen molar-refractivity contribution in [2.75, 3.05) is 11.9 Å². The predicted octanol–water partition coefficient (Wildman–Crippen LogP) is 5.16. The maximum atomic E-state index is 13.5. The highest BCUT2D eigenvalue weighted by Crippen LogP contribution is 2.42. The Morgan fingerprint density at radius 2 is 1.97 bits per heavy atom. The molecule has 36 heavy (non-hydrogen) atoms. The van der Waals surface area contributed by atoms with E-state index in [-0.39, 0.29) is 16.5 Å². The Morgan fingerprint density at radius 1 is 1.25 bits per heavy atom. The molecule has 1 aliphatic carbocycles. The van der Waals surface area contributed by atoms with E-state index in [1.54, 1.807) is 13.8 Å². The number of halogens is 4. The average Bonchev–Trinajstić information content (AvgIpc) is 3.21. The molecular formula is C23H27ClF3N3O5S. The van der Waals surface area contributed by atoms with Crippen LogP contribution in [0.2, 0.25) is 5.02 Å². The molecule has 2 amide bonds. The normalized spacial score (nSPS) is 22.1. The van der Waals surface area contributed by atoms with E-state index >= 15 is 0 Å². The largest absolute Gasteiger partial charge is 0.504 e. The summed E-state index contributed by atoms with van der Waals surface area (Å²) in [4.78, 5) is 12.2. The molecule has 1 aliphatic heterocycles. The number of sulfone groups is 1. The third-order valence-corrected chi connectivity index (χ3v) is 9.68. The van der Waals surface area contributed by atoms with Crippen LogP contribution in [0.5, 0.6) is 5.75 Å². The van der Waals surface area contributed by atoms with Crippen molar-refractivity contribution in [1.82, 2.24) is 10.6 Å². The van der Waals surface area contributed by atoms with Gasteiger partial charge < -0.3 is 25.5 Å². The van der Waals surface area contributed by atoms with Crippen molar-refractivity contribution in [3.63, 3.8) is 0 Å². The van der Waals surface area contributed by atoms with Gasteiger partial charge in [-0.2, -0.15) is 13.2 Å². The van der Waals surface area contributed by atoms with Gasteiger partial charge in [0.1, 0.15) is 10.7 Å². The lowest BCUT2D eigenvalue weighted by molar-refractivity contribution is -0.153. The standard InChI is InChI=1S/C23H27ClF3N3O5S/c1-22(2)17(7-4-10-28-22)36(33,34)20-13(24)8-9-14(18(20)31)29-21(32)30-15-6-3-5-12-11-16(23(25,26)27)35-19(12)15/h8-9,11,15,17,28,31H,3-7,10H2,1-2H3,(H2,29,30,32). The van der Waals surface area contributed by atoms with E-state index < -0.39 is 55.3 Å². The summed E-state index contributed by atoms with van der Waals surface area (Å²) >= 11 is 6.19. The molecule has 1 fully saturated rings. The molecule has 1 saturated heterocycles. The van der Waals surface area contributed by atoms with E-state index in [1.807, 2.05) is 0 Å². The van der Waals surface area contributed by atoms with Gasteiger partial charge in [-0.05, 0) is 76.3 Å². The predicted molar refractivity (Wildman–Crippen MR) is 127 cm³/mol. The smallest absolute Gasteiger partial charge is 0.449 e. The van der Waals surface area contributed by atoms with Gasteiger partial charge in [0, 0.05) is 5.54 Å². The Hall–Kier alpha value is -2.44. The Morgan fingerprint density at radius 3 is 2.64 bits per heavy atom. The fourth-order valence-electron chi connectivity index (χ4n) is 4.93. The SMILES string of the molecule is CC1(C)NCCCC1S(=O)(=O)c1c(Cl)ccc(NC(=O)NC2CCCc3cc(C(F)(F)F)oc32)c1O. The summed E-state index contributed by atoms with van der Waals surface area (Å²) in [7, 11) is -4.11. The number of aryl methyl sites for hydroxylation is 1. The minimum absolute atomic E-state index is 0.0272. The summed E-state index contributed by atoms with van der Waals surface area (Å²) in [6, 6.07) is 1.77. The molecule has 1 aromatic carbocycles. The van der Waals surface area contributed by atoms with Crippen LogP contribution in [0, 0.1) is 0 Å². The van der Waals surface area contributed by atoms with Crippen molar-refractivity contribution in [3.8, 4) is 5.75 Å². The van der Waals surface area contributed by atoms with Crippen LogP contribution in [0.3, 0.4) is 0 Å². The van der Waals surface area contributed by atoms with Crippen LogP contribution in [0.4, 0.5) is 23.7 Å². The Balaban J connectivity index is 1.57. The fourth-order valence-corrected chi connectivity index (χ4v) is 7.75. The molecule has 0 radical (unpaired) electrons. The van der Waals surface area contributed by atoms with Gasteiger partial charge in [-0.1, -0.05) is 11.6 Å². The minimum atomic E-state index is -4.65. The van der Waals surface area contributed by atoms with Gasteiger partial charge in [-0.15, -0.1) is 0 Å². The molecule has 4 N–H and O–H groups in total. The Kier molecular flexibility index (Phi) is 6.99. The number of phenols is 1. The number of hydrogen-bond donors (Lipinski definition) is 4. The number of hydrogen-bond acceptors (Lipinski definition) is 6. The van der Waals surface area contributed by atoms with Gasteiger partial charge in [0.15, 0.2) is 15.6 Å². The maximum Gasteiger partial charge on any atom is 0.449 e. The minimum Gasteiger partial charge on any atom is -0.504 e. The number of fused-ring (bicyclic) bond motifs is 1. The van der Waals surface area contributed by atoms with Crippen LogP contribution < -0.4 is 16.0 Å². The second-order valence-electron chi connectivity index (χ2n) is 9.64. The lowest BCUT2D eigenvalue weighted by atomic mass is 9.93. The number of carbonyl (C=O) groups is 1. The van der Waals surface area contributed by atoms with Gasteiger partial charge in [0.2, 0.25) is 5.76 Å². The first-order valence-electron chi connectivity index (χ1n) is 11.5. The summed E-state index contributed by atoms with van der Waals surface area (Å²) in [5, 5.41) is 17.9. The first kappa shape index (κ1) is 26.6. The first-order chi connectivity index (χ1) is 16.7. The van der Waals surface area contributed by atoms with Gasteiger partial charge in [0.05, 0.1) is 22.0 Å². The van der Waals surface area contributed by atoms with Gasteiger partial charge in [-0.25, -0.2) is 13.2 Å². The molecule has 2 aromatic rings. The summed E-state index contributed by atoms with van der Waals surface area (Å²) in [6.45, 7) is 4.17. The highest BCUT2D eigenvalue weighted by molar-refractivity contribution is 7.92. The number of alkyl halides is 3. The number of nitrogens with one attached hydrogen (secondary N) is 3. The monoisotopic (exact) mass is 549 g/mol. The molecule has 2 heterocycles. The zero-order valence-electron chi connectivity index (χ0n) is 19.6.